The Labute approximate surface area is 155 Å². The summed E-state index contributed by atoms with van der Waals surface area (Å²) in [5, 5.41) is 0. The topological polar surface area (TPSA) is 52.6 Å². The quantitative estimate of drug-likeness (QED) is 0.665. The van der Waals surface area contributed by atoms with Crippen molar-refractivity contribution in [1.29, 1.82) is 0 Å². The van der Waals surface area contributed by atoms with Crippen molar-refractivity contribution in [3.8, 4) is 0 Å². The van der Waals surface area contributed by atoms with Crippen LogP contribution in [-0.4, -0.2) is 24.1 Å². The van der Waals surface area contributed by atoms with E-state index < -0.39 is 0 Å². The molecule has 0 bridgehead atoms. The van der Waals surface area contributed by atoms with E-state index in [-0.39, 0.29) is 24.1 Å². The molecule has 0 aliphatic carbocycles. The first kappa shape index (κ1) is 19.7. The van der Waals surface area contributed by atoms with Crippen molar-refractivity contribution in [3.63, 3.8) is 0 Å². The van der Waals surface area contributed by atoms with Gasteiger partial charge in [0.2, 0.25) is 0 Å². The lowest BCUT2D eigenvalue weighted by molar-refractivity contribution is 0.00281. The summed E-state index contributed by atoms with van der Waals surface area (Å²) in [5.41, 5.74) is 3.22. The van der Waals surface area contributed by atoms with Crippen LogP contribution in [0, 0.1) is 13.8 Å². The molecule has 0 N–H and O–H groups in total. The molecule has 0 aromatic heterocycles. The minimum Gasteiger partial charge on any atom is -0.459 e. The number of benzene rings is 2. The SMILES string of the molecule is CCC(CC(C)OC(=O)c1ccc(C)cc1)OC(=O)c1ccc(C)cc1. The fraction of sp³-hybridized carbons (Fsp3) is 0.364. The van der Waals surface area contributed by atoms with E-state index in [1.54, 1.807) is 24.3 Å². The fourth-order valence-electron chi connectivity index (χ4n) is 2.57. The van der Waals surface area contributed by atoms with Gasteiger partial charge in [0.15, 0.2) is 0 Å². The third-order valence-corrected chi connectivity index (χ3v) is 4.21. The Hall–Kier alpha value is -2.62. The second-order valence-electron chi connectivity index (χ2n) is 6.62. The first-order chi connectivity index (χ1) is 12.4. The molecule has 0 heterocycles. The molecule has 26 heavy (non-hydrogen) atoms. The van der Waals surface area contributed by atoms with Crippen LogP contribution < -0.4 is 0 Å². The van der Waals surface area contributed by atoms with Gasteiger partial charge in [0, 0.05) is 6.42 Å². The summed E-state index contributed by atoms with van der Waals surface area (Å²) in [7, 11) is 0. The van der Waals surface area contributed by atoms with Gasteiger partial charge in [-0.15, -0.1) is 0 Å². The highest BCUT2D eigenvalue weighted by atomic mass is 16.6. The van der Waals surface area contributed by atoms with Gasteiger partial charge in [0.1, 0.15) is 12.2 Å². The van der Waals surface area contributed by atoms with Crippen molar-refractivity contribution < 1.29 is 19.1 Å². The molecule has 0 aliphatic heterocycles. The molecule has 0 saturated carbocycles. The zero-order chi connectivity index (χ0) is 19.1. The molecule has 2 aromatic rings. The zero-order valence-corrected chi connectivity index (χ0v) is 15.8. The Balaban J connectivity index is 1.89. The summed E-state index contributed by atoms with van der Waals surface area (Å²) in [6.45, 7) is 7.69. The van der Waals surface area contributed by atoms with Gasteiger partial charge in [-0.25, -0.2) is 9.59 Å². The van der Waals surface area contributed by atoms with E-state index >= 15 is 0 Å². The van der Waals surface area contributed by atoms with Gasteiger partial charge < -0.3 is 9.47 Å². The maximum atomic E-state index is 12.3. The van der Waals surface area contributed by atoms with Crippen LogP contribution in [0.2, 0.25) is 0 Å². The molecular formula is C22H26O4. The first-order valence-corrected chi connectivity index (χ1v) is 8.94. The Morgan fingerprint density at radius 3 is 1.65 bits per heavy atom. The van der Waals surface area contributed by atoms with E-state index in [9.17, 15) is 9.59 Å². The summed E-state index contributed by atoms with van der Waals surface area (Å²) >= 11 is 0. The number of carbonyl (C=O) groups is 2. The van der Waals surface area contributed by atoms with Gasteiger partial charge in [-0.2, -0.15) is 0 Å². The fourth-order valence-corrected chi connectivity index (χ4v) is 2.57. The van der Waals surface area contributed by atoms with Crippen LogP contribution in [-0.2, 0) is 9.47 Å². The van der Waals surface area contributed by atoms with E-state index in [0.717, 1.165) is 11.1 Å². The molecular weight excluding hydrogens is 328 g/mol. The van der Waals surface area contributed by atoms with Crippen molar-refractivity contribution in [2.75, 3.05) is 0 Å². The lowest BCUT2D eigenvalue weighted by atomic mass is 10.1. The minimum atomic E-state index is -0.364. The van der Waals surface area contributed by atoms with Crippen LogP contribution in [0.25, 0.3) is 0 Å². The number of esters is 2. The number of hydrogen-bond acceptors (Lipinski definition) is 4. The Bertz CT molecular complexity index is 732. The summed E-state index contributed by atoms with van der Waals surface area (Å²) < 4.78 is 11.1. The Kier molecular flexibility index (Phi) is 6.96. The van der Waals surface area contributed by atoms with E-state index in [0.29, 0.717) is 24.0 Å². The highest BCUT2D eigenvalue weighted by Crippen LogP contribution is 2.15. The van der Waals surface area contributed by atoms with Crippen LogP contribution in [0.15, 0.2) is 48.5 Å². The molecule has 2 unspecified atom stereocenters. The molecule has 0 aliphatic rings. The summed E-state index contributed by atoms with van der Waals surface area (Å²) in [5.74, 6) is -0.717. The molecule has 2 atom stereocenters. The van der Waals surface area contributed by atoms with Gasteiger partial charge >= 0.3 is 11.9 Å². The van der Waals surface area contributed by atoms with Crippen LogP contribution in [0.5, 0.6) is 0 Å². The maximum Gasteiger partial charge on any atom is 0.338 e. The van der Waals surface area contributed by atoms with Crippen LogP contribution in [0.4, 0.5) is 0 Å². The van der Waals surface area contributed by atoms with Crippen LogP contribution >= 0.6 is 0 Å². The monoisotopic (exact) mass is 354 g/mol. The average Bonchev–Trinajstić information content (AvgIpc) is 2.62. The Morgan fingerprint density at radius 1 is 0.808 bits per heavy atom. The van der Waals surface area contributed by atoms with Gasteiger partial charge in [0.25, 0.3) is 0 Å². The molecule has 2 rings (SSSR count). The lowest BCUT2D eigenvalue weighted by Gasteiger charge is -2.20. The number of ether oxygens (including phenoxy) is 2. The molecule has 0 radical (unpaired) electrons. The summed E-state index contributed by atoms with van der Waals surface area (Å²) in [6, 6.07) is 14.5. The normalized spacial score (nSPS) is 12.9. The smallest absolute Gasteiger partial charge is 0.338 e. The van der Waals surface area contributed by atoms with Crippen LogP contribution in [0.1, 0.15) is 58.5 Å². The van der Waals surface area contributed by atoms with Crippen molar-refractivity contribution in [3.05, 3.63) is 70.8 Å². The number of aryl methyl sites for hydroxylation is 2. The maximum absolute atomic E-state index is 12.3. The second-order valence-corrected chi connectivity index (χ2v) is 6.62. The largest absolute Gasteiger partial charge is 0.459 e. The predicted octanol–water partition coefficient (Wildman–Crippen LogP) is 4.87. The summed E-state index contributed by atoms with van der Waals surface area (Å²) in [6.07, 6.45) is 0.472. The van der Waals surface area contributed by atoms with Crippen molar-refractivity contribution >= 4 is 11.9 Å². The number of carbonyl (C=O) groups excluding carboxylic acids is 2. The molecule has 4 heteroatoms. The van der Waals surface area contributed by atoms with Crippen molar-refractivity contribution in [2.45, 2.75) is 52.7 Å². The van der Waals surface area contributed by atoms with E-state index in [4.69, 9.17) is 9.47 Å². The minimum absolute atomic E-state index is 0.301. The van der Waals surface area contributed by atoms with E-state index in [2.05, 4.69) is 0 Å². The van der Waals surface area contributed by atoms with Gasteiger partial charge in [-0.05, 0) is 51.5 Å². The zero-order valence-electron chi connectivity index (χ0n) is 15.8. The van der Waals surface area contributed by atoms with E-state index in [1.807, 2.05) is 52.0 Å². The van der Waals surface area contributed by atoms with Gasteiger partial charge in [0.05, 0.1) is 11.1 Å². The predicted molar refractivity (Wildman–Crippen MR) is 101 cm³/mol. The second kappa shape index (κ2) is 9.18. The molecule has 0 fully saturated rings. The van der Waals surface area contributed by atoms with E-state index in [1.165, 1.54) is 0 Å². The third kappa shape index (κ3) is 5.73. The van der Waals surface area contributed by atoms with Crippen LogP contribution in [0.3, 0.4) is 0 Å². The highest BCUT2D eigenvalue weighted by molar-refractivity contribution is 5.90. The standard InChI is InChI=1S/C22H26O4/c1-5-20(26-22(24)19-12-8-16(3)9-13-19)14-17(4)25-21(23)18-10-6-15(2)7-11-18/h6-13,17,20H,5,14H2,1-4H3. The average molecular weight is 354 g/mol. The number of hydrogen-bond donors (Lipinski definition) is 0. The van der Waals surface area contributed by atoms with Gasteiger partial charge in [-0.1, -0.05) is 42.3 Å². The highest BCUT2D eigenvalue weighted by Gasteiger charge is 2.20. The molecule has 0 saturated heterocycles. The summed E-state index contributed by atoms with van der Waals surface area (Å²) in [4.78, 5) is 24.4. The molecule has 138 valence electrons. The molecule has 0 spiro atoms. The first-order valence-electron chi connectivity index (χ1n) is 8.94. The molecule has 4 nitrogen and oxygen atoms in total. The lowest BCUT2D eigenvalue weighted by Crippen LogP contribution is -2.25. The Morgan fingerprint density at radius 2 is 1.23 bits per heavy atom. The van der Waals surface area contributed by atoms with Crippen molar-refractivity contribution in [2.24, 2.45) is 0 Å². The van der Waals surface area contributed by atoms with Gasteiger partial charge in [-0.3, -0.25) is 0 Å². The van der Waals surface area contributed by atoms with Crippen molar-refractivity contribution in [1.82, 2.24) is 0 Å². The molecule has 0 amide bonds. The molecule has 2 aromatic carbocycles. The number of rotatable bonds is 7. The third-order valence-electron chi connectivity index (χ3n) is 4.21.